The summed E-state index contributed by atoms with van der Waals surface area (Å²) in [5.74, 6) is 0.744. The fourth-order valence-corrected chi connectivity index (χ4v) is 2.14. The quantitative estimate of drug-likeness (QED) is 0.689. The number of pyridine rings is 1. The van der Waals surface area contributed by atoms with Gasteiger partial charge in [0.15, 0.2) is 0 Å². The van der Waals surface area contributed by atoms with Gasteiger partial charge in [-0.15, -0.1) is 0 Å². The number of nitrogens with zero attached hydrogens (tertiary/aromatic N) is 1. The summed E-state index contributed by atoms with van der Waals surface area (Å²) >= 11 is 0. The molecule has 0 saturated heterocycles. The van der Waals surface area contributed by atoms with Crippen molar-refractivity contribution in [2.45, 2.75) is 18.9 Å². The van der Waals surface area contributed by atoms with Crippen LogP contribution in [-0.4, -0.2) is 11.1 Å². The van der Waals surface area contributed by atoms with E-state index in [1.165, 1.54) is 22.3 Å². The summed E-state index contributed by atoms with van der Waals surface area (Å²) in [7, 11) is 0. The minimum absolute atomic E-state index is 0.396. The highest BCUT2D eigenvalue weighted by Crippen LogP contribution is 2.31. The molecule has 1 saturated carbocycles. The van der Waals surface area contributed by atoms with Gasteiger partial charge in [-0.3, -0.25) is 0 Å². The summed E-state index contributed by atoms with van der Waals surface area (Å²) < 4.78 is 5.73. The Morgan fingerprint density at radius 3 is 2.50 bits per heavy atom. The average molecular weight is 235 g/mol. The fourth-order valence-electron chi connectivity index (χ4n) is 2.14. The van der Waals surface area contributed by atoms with Gasteiger partial charge in [-0.2, -0.15) is 0 Å². The van der Waals surface area contributed by atoms with Gasteiger partial charge in [0.25, 0.3) is 0 Å². The van der Waals surface area contributed by atoms with Crippen molar-refractivity contribution >= 4 is 12.2 Å². The van der Waals surface area contributed by atoms with Crippen LogP contribution in [0.2, 0.25) is 0 Å². The maximum absolute atomic E-state index is 5.73. The van der Waals surface area contributed by atoms with Crippen molar-refractivity contribution in [1.29, 1.82) is 0 Å². The van der Waals surface area contributed by atoms with Gasteiger partial charge in [0.1, 0.15) is 6.10 Å². The van der Waals surface area contributed by atoms with Crippen molar-refractivity contribution in [3.63, 3.8) is 0 Å². The van der Waals surface area contributed by atoms with E-state index in [0.29, 0.717) is 6.10 Å². The smallest absolute Gasteiger partial charge is 0.214 e. The maximum Gasteiger partial charge on any atom is 0.214 e. The lowest BCUT2D eigenvalue weighted by Crippen LogP contribution is -1.98. The summed E-state index contributed by atoms with van der Waals surface area (Å²) in [5, 5.41) is 0. The van der Waals surface area contributed by atoms with Gasteiger partial charge in [0.2, 0.25) is 5.88 Å². The molecule has 0 amide bonds. The van der Waals surface area contributed by atoms with Crippen molar-refractivity contribution in [3.05, 3.63) is 47.7 Å². The predicted octanol–water partition coefficient (Wildman–Crippen LogP) is 3.77. The van der Waals surface area contributed by atoms with Crippen molar-refractivity contribution in [2.75, 3.05) is 0 Å². The first kappa shape index (κ1) is 9.89. The minimum atomic E-state index is 0.396. The maximum atomic E-state index is 5.73. The van der Waals surface area contributed by atoms with Gasteiger partial charge < -0.3 is 4.74 Å². The minimum Gasteiger partial charge on any atom is -0.474 e. The van der Waals surface area contributed by atoms with Crippen molar-refractivity contribution in [3.8, 4) is 17.0 Å². The zero-order chi connectivity index (χ0) is 11.9. The molecule has 1 heterocycles. The fraction of sp³-hybridized carbons (Fsp3) is 0.188. The molecule has 0 unspecified atom stereocenters. The molecule has 0 atom stereocenters. The van der Waals surface area contributed by atoms with E-state index < -0.39 is 0 Å². The van der Waals surface area contributed by atoms with E-state index in [-0.39, 0.29) is 0 Å². The Kier molecular flexibility index (Phi) is 2.04. The molecule has 1 fully saturated rings. The van der Waals surface area contributed by atoms with Crippen LogP contribution in [0, 0.1) is 0 Å². The molecule has 1 aromatic carbocycles. The first-order chi connectivity index (χ1) is 8.88. The molecule has 2 heteroatoms. The lowest BCUT2D eigenvalue weighted by molar-refractivity contribution is 0.291. The van der Waals surface area contributed by atoms with Gasteiger partial charge in [0.05, 0.1) is 0 Å². The number of hydrogen-bond donors (Lipinski definition) is 0. The molecule has 0 aliphatic heterocycles. The number of rotatable bonds is 3. The van der Waals surface area contributed by atoms with Crippen LogP contribution in [0.4, 0.5) is 0 Å². The molecular formula is C16H13NO. The molecular weight excluding hydrogens is 222 g/mol. The standard InChI is InChI=1S/C16H13NO/c1-3-12-9-13(4-2-11(1)12)14-7-8-17-16(10-14)18-15-5-6-15/h1-4,7-10,15H,5-6H2. The second-order valence-electron chi connectivity index (χ2n) is 4.88. The molecule has 2 aromatic rings. The SMILES string of the molecule is C1=Cc2cc(-c3ccnc(OC4CC4)c3)ccc21. The molecule has 1 aromatic heterocycles. The highest BCUT2D eigenvalue weighted by Gasteiger charge is 2.24. The largest absolute Gasteiger partial charge is 0.474 e. The van der Waals surface area contributed by atoms with E-state index in [9.17, 15) is 0 Å². The monoisotopic (exact) mass is 235 g/mol. The van der Waals surface area contributed by atoms with Crippen LogP contribution in [0.3, 0.4) is 0 Å². The van der Waals surface area contributed by atoms with Gasteiger partial charge in [-0.1, -0.05) is 24.3 Å². The highest BCUT2D eigenvalue weighted by molar-refractivity contribution is 5.88. The number of benzene rings is 1. The molecule has 0 N–H and O–H groups in total. The number of fused-ring (bicyclic) bond motifs is 1. The van der Waals surface area contributed by atoms with Crippen molar-refractivity contribution < 1.29 is 4.74 Å². The highest BCUT2D eigenvalue weighted by atomic mass is 16.5. The second kappa shape index (κ2) is 3.70. The number of aromatic nitrogens is 1. The van der Waals surface area contributed by atoms with Crippen LogP contribution in [0.1, 0.15) is 24.0 Å². The van der Waals surface area contributed by atoms with Crippen LogP contribution in [-0.2, 0) is 0 Å². The summed E-state index contributed by atoms with van der Waals surface area (Å²) in [6.07, 6.45) is 8.81. The zero-order valence-corrected chi connectivity index (χ0v) is 9.97. The zero-order valence-electron chi connectivity index (χ0n) is 9.97. The summed E-state index contributed by atoms with van der Waals surface area (Å²) in [5.41, 5.74) is 5.03. The Morgan fingerprint density at radius 2 is 1.78 bits per heavy atom. The molecule has 4 rings (SSSR count). The summed E-state index contributed by atoms with van der Waals surface area (Å²) in [6, 6.07) is 10.6. The molecule has 0 radical (unpaired) electrons. The summed E-state index contributed by atoms with van der Waals surface area (Å²) in [4.78, 5) is 4.26. The van der Waals surface area contributed by atoms with Crippen LogP contribution in [0.5, 0.6) is 5.88 Å². The van der Waals surface area contributed by atoms with E-state index in [2.05, 4.69) is 35.3 Å². The van der Waals surface area contributed by atoms with Gasteiger partial charge in [-0.05, 0) is 47.2 Å². The lowest BCUT2D eigenvalue weighted by Gasteiger charge is -2.12. The third kappa shape index (κ3) is 1.70. The van der Waals surface area contributed by atoms with E-state index in [0.717, 1.165) is 18.7 Å². The Morgan fingerprint density at radius 1 is 0.944 bits per heavy atom. The van der Waals surface area contributed by atoms with Crippen LogP contribution >= 0.6 is 0 Å². The van der Waals surface area contributed by atoms with Crippen LogP contribution in [0.15, 0.2) is 36.5 Å². The first-order valence-electron chi connectivity index (χ1n) is 6.34. The topological polar surface area (TPSA) is 22.1 Å². The molecule has 2 aliphatic carbocycles. The Bertz CT molecular complexity index is 641. The normalized spacial score (nSPS) is 16.0. The van der Waals surface area contributed by atoms with Gasteiger partial charge >= 0.3 is 0 Å². The first-order valence-corrected chi connectivity index (χ1v) is 6.34. The molecule has 2 aliphatic rings. The third-order valence-corrected chi connectivity index (χ3v) is 3.41. The van der Waals surface area contributed by atoms with E-state index >= 15 is 0 Å². The lowest BCUT2D eigenvalue weighted by atomic mass is 9.93. The van der Waals surface area contributed by atoms with Crippen molar-refractivity contribution in [2.24, 2.45) is 0 Å². The molecule has 0 spiro atoms. The predicted molar refractivity (Wildman–Crippen MR) is 72.3 cm³/mol. The average Bonchev–Trinajstić information content (AvgIpc) is 3.15. The van der Waals surface area contributed by atoms with E-state index in [1.807, 2.05) is 18.3 Å². The second-order valence-corrected chi connectivity index (χ2v) is 4.88. The van der Waals surface area contributed by atoms with Gasteiger partial charge in [0, 0.05) is 12.3 Å². The Hall–Kier alpha value is -2.09. The van der Waals surface area contributed by atoms with Crippen molar-refractivity contribution in [1.82, 2.24) is 4.98 Å². The number of hydrogen-bond acceptors (Lipinski definition) is 2. The molecule has 0 bridgehead atoms. The van der Waals surface area contributed by atoms with Crippen LogP contribution in [0.25, 0.3) is 23.3 Å². The Balaban J connectivity index is 1.68. The molecule has 88 valence electrons. The van der Waals surface area contributed by atoms with E-state index in [4.69, 9.17) is 4.74 Å². The molecule has 18 heavy (non-hydrogen) atoms. The molecule has 2 nitrogen and oxygen atoms in total. The summed E-state index contributed by atoms with van der Waals surface area (Å²) in [6.45, 7) is 0. The van der Waals surface area contributed by atoms with Crippen LogP contribution < -0.4 is 4.74 Å². The number of ether oxygens (including phenoxy) is 1. The van der Waals surface area contributed by atoms with Gasteiger partial charge in [-0.25, -0.2) is 4.98 Å². The van der Waals surface area contributed by atoms with E-state index in [1.54, 1.807) is 0 Å². The Labute approximate surface area is 106 Å². The third-order valence-electron chi connectivity index (χ3n) is 3.41.